The fraction of sp³-hybridized carbons (Fsp3) is 0.538. The first-order valence-corrected chi connectivity index (χ1v) is 6.71. The summed E-state index contributed by atoms with van der Waals surface area (Å²) in [6.07, 6.45) is 1.23. The Morgan fingerprint density at radius 2 is 1.94 bits per heavy atom. The lowest BCUT2D eigenvalue weighted by atomic mass is 10.1. The summed E-state index contributed by atoms with van der Waals surface area (Å²) in [4.78, 5) is 0. The van der Waals surface area contributed by atoms with Gasteiger partial charge < -0.3 is 10.4 Å². The summed E-state index contributed by atoms with van der Waals surface area (Å²) >= 11 is 1.97. The van der Waals surface area contributed by atoms with Crippen molar-refractivity contribution in [3.8, 4) is 5.75 Å². The van der Waals surface area contributed by atoms with Gasteiger partial charge in [0, 0.05) is 5.25 Å². The Hall–Kier alpha value is -0.670. The molecule has 1 aromatic rings. The van der Waals surface area contributed by atoms with Crippen molar-refractivity contribution >= 4 is 11.8 Å². The van der Waals surface area contributed by atoms with Crippen LogP contribution in [0.3, 0.4) is 0 Å². The Morgan fingerprint density at radius 3 is 2.50 bits per heavy atom. The van der Waals surface area contributed by atoms with Crippen LogP contribution in [0.25, 0.3) is 0 Å². The summed E-state index contributed by atoms with van der Waals surface area (Å²) in [6.45, 7) is 7.28. The zero-order chi connectivity index (χ0) is 11.7. The van der Waals surface area contributed by atoms with Crippen LogP contribution in [0.5, 0.6) is 5.75 Å². The lowest BCUT2D eigenvalue weighted by Crippen LogP contribution is -2.28. The molecular formula is C13H19NOS. The maximum Gasteiger partial charge on any atom is 0.121 e. The highest BCUT2D eigenvalue weighted by atomic mass is 32.2. The molecule has 1 aliphatic rings. The van der Waals surface area contributed by atoms with Crippen molar-refractivity contribution in [1.82, 2.24) is 5.32 Å². The minimum Gasteiger partial charge on any atom is -0.507 e. The van der Waals surface area contributed by atoms with Gasteiger partial charge in [-0.25, -0.2) is 0 Å². The number of aryl methyl sites for hydroxylation is 2. The zero-order valence-corrected chi connectivity index (χ0v) is 10.9. The molecule has 1 fully saturated rings. The van der Waals surface area contributed by atoms with Crippen molar-refractivity contribution in [3.63, 3.8) is 0 Å². The highest BCUT2D eigenvalue weighted by Gasteiger charge is 2.21. The van der Waals surface area contributed by atoms with Crippen LogP contribution in [0.1, 0.15) is 35.4 Å². The van der Waals surface area contributed by atoms with Crippen molar-refractivity contribution in [2.75, 3.05) is 6.54 Å². The fourth-order valence-electron chi connectivity index (χ4n) is 2.10. The molecule has 2 N–H and O–H groups in total. The number of benzene rings is 1. The summed E-state index contributed by atoms with van der Waals surface area (Å²) in [5, 5.41) is 14.4. The number of thioether (sulfide) groups is 1. The lowest BCUT2D eigenvalue weighted by molar-refractivity contribution is 0.466. The number of rotatable bonds is 1. The molecule has 0 radical (unpaired) electrons. The first-order valence-electron chi connectivity index (χ1n) is 5.77. The molecular weight excluding hydrogens is 218 g/mol. The lowest BCUT2D eigenvalue weighted by Gasteiger charge is -2.28. The quantitative estimate of drug-likeness (QED) is 0.787. The van der Waals surface area contributed by atoms with E-state index < -0.39 is 0 Å². The summed E-state index contributed by atoms with van der Waals surface area (Å²) in [5.74, 6) is 0.428. The van der Waals surface area contributed by atoms with Crippen LogP contribution in [0.2, 0.25) is 0 Å². The van der Waals surface area contributed by atoms with Gasteiger partial charge in [0.2, 0.25) is 0 Å². The molecule has 0 saturated carbocycles. The molecule has 1 aliphatic heterocycles. The zero-order valence-electron chi connectivity index (χ0n) is 10.1. The van der Waals surface area contributed by atoms with Crippen molar-refractivity contribution in [3.05, 3.63) is 28.8 Å². The molecule has 0 spiro atoms. The molecule has 0 aromatic heterocycles. The second kappa shape index (κ2) is 4.68. The van der Waals surface area contributed by atoms with E-state index in [9.17, 15) is 5.11 Å². The summed E-state index contributed by atoms with van der Waals surface area (Å²) in [7, 11) is 0. The maximum absolute atomic E-state index is 9.75. The number of nitrogens with one attached hydrogen (secondary N) is 1. The van der Waals surface area contributed by atoms with Gasteiger partial charge in [0.05, 0.1) is 5.37 Å². The highest BCUT2D eigenvalue weighted by Crippen LogP contribution is 2.36. The summed E-state index contributed by atoms with van der Waals surface area (Å²) in [6, 6.07) is 4.18. The van der Waals surface area contributed by atoms with Crippen LogP contribution in [-0.4, -0.2) is 16.9 Å². The third-order valence-corrected chi connectivity index (χ3v) is 4.48. The second-order valence-corrected chi connectivity index (χ2v) is 6.12. The molecule has 2 nitrogen and oxygen atoms in total. The van der Waals surface area contributed by atoms with Crippen LogP contribution in [0.4, 0.5) is 0 Å². The molecule has 88 valence electrons. The van der Waals surface area contributed by atoms with Crippen molar-refractivity contribution < 1.29 is 5.11 Å². The molecule has 0 amide bonds. The highest BCUT2D eigenvalue weighted by molar-refractivity contribution is 8.00. The van der Waals surface area contributed by atoms with Crippen molar-refractivity contribution in [2.24, 2.45) is 0 Å². The molecule has 0 bridgehead atoms. The van der Waals surface area contributed by atoms with Gasteiger partial charge in [-0.2, -0.15) is 0 Å². The van der Waals surface area contributed by atoms with Crippen LogP contribution < -0.4 is 5.32 Å². The SMILES string of the molecule is Cc1cc(C2NCCC(C)S2)cc(C)c1O. The molecule has 2 unspecified atom stereocenters. The monoisotopic (exact) mass is 237 g/mol. The predicted octanol–water partition coefficient (Wildman–Crippen LogP) is 3.12. The molecule has 1 aromatic carbocycles. The number of phenolic OH excluding ortho intramolecular Hbond substituents is 1. The number of phenols is 1. The Morgan fingerprint density at radius 1 is 1.31 bits per heavy atom. The van der Waals surface area contributed by atoms with Gasteiger partial charge in [0.25, 0.3) is 0 Å². The van der Waals surface area contributed by atoms with Gasteiger partial charge in [-0.1, -0.05) is 6.92 Å². The first kappa shape index (κ1) is 11.8. The third-order valence-electron chi connectivity index (χ3n) is 3.07. The molecule has 2 rings (SSSR count). The number of hydrogen-bond donors (Lipinski definition) is 2. The van der Waals surface area contributed by atoms with E-state index in [4.69, 9.17) is 0 Å². The van der Waals surface area contributed by atoms with Gasteiger partial charge >= 0.3 is 0 Å². The Balaban J connectivity index is 2.26. The van der Waals surface area contributed by atoms with Gasteiger partial charge in [-0.3, -0.25) is 0 Å². The van der Waals surface area contributed by atoms with E-state index >= 15 is 0 Å². The minimum atomic E-state index is 0.377. The van der Waals surface area contributed by atoms with E-state index in [1.54, 1.807) is 0 Å². The van der Waals surface area contributed by atoms with E-state index in [-0.39, 0.29) is 0 Å². The number of aromatic hydroxyl groups is 1. The van der Waals surface area contributed by atoms with Crippen LogP contribution >= 0.6 is 11.8 Å². The average molecular weight is 237 g/mol. The van der Waals surface area contributed by atoms with Crippen LogP contribution in [0, 0.1) is 13.8 Å². The third kappa shape index (κ3) is 2.36. The van der Waals surface area contributed by atoms with E-state index in [2.05, 4.69) is 24.4 Å². The smallest absolute Gasteiger partial charge is 0.121 e. The molecule has 1 heterocycles. The van der Waals surface area contributed by atoms with E-state index in [1.807, 2.05) is 25.6 Å². The molecule has 0 aliphatic carbocycles. The minimum absolute atomic E-state index is 0.377. The molecule has 2 atom stereocenters. The maximum atomic E-state index is 9.75. The Labute approximate surface area is 101 Å². The van der Waals surface area contributed by atoms with Gasteiger partial charge in [0.15, 0.2) is 0 Å². The average Bonchev–Trinajstić information content (AvgIpc) is 2.25. The second-order valence-electron chi connectivity index (χ2n) is 4.57. The van der Waals surface area contributed by atoms with Crippen molar-refractivity contribution in [2.45, 2.75) is 37.8 Å². The fourth-order valence-corrected chi connectivity index (χ4v) is 3.33. The summed E-state index contributed by atoms with van der Waals surface area (Å²) < 4.78 is 0. The Kier molecular flexibility index (Phi) is 3.45. The van der Waals surface area contributed by atoms with Crippen LogP contribution in [-0.2, 0) is 0 Å². The topological polar surface area (TPSA) is 32.3 Å². The molecule has 1 saturated heterocycles. The standard InChI is InChI=1S/C13H19NOS/c1-8-6-11(7-9(2)12(8)15)13-14-5-4-10(3)16-13/h6-7,10,13-15H,4-5H2,1-3H3. The predicted molar refractivity (Wildman–Crippen MR) is 70.0 cm³/mol. The van der Waals surface area contributed by atoms with E-state index in [0.29, 0.717) is 16.4 Å². The van der Waals surface area contributed by atoms with Gasteiger partial charge in [0.1, 0.15) is 5.75 Å². The summed E-state index contributed by atoms with van der Waals surface area (Å²) in [5.41, 5.74) is 3.22. The molecule has 3 heteroatoms. The largest absolute Gasteiger partial charge is 0.507 e. The van der Waals surface area contributed by atoms with Gasteiger partial charge in [-0.15, -0.1) is 11.8 Å². The van der Waals surface area contributed by atoms with E-state index in [1.165, 1.54) is 12.0 Å². The molecule has 16 heavy (non-hydrogen) atoms. The first-order chi connectivity index (χ1) is 7.58. The number of hydrogen-bond acceptors (Lipinski definition) is 3. The van der Waals surface area contributed by atoms with Gasteiger partial charge in [-0.05, 0) is 55.6 Å². The Bertz CT molecular complexity index is 369. The van der Waals surface area contributed by atoms with Crippen LogP contribution in [0.15, 0.2) is 12.1 Å². The van der Waals surface area contributed by atoms with Crippen molar-refractivity contribution in [1.29, 1.82) is 0 Å². The van der Waals surface area contributed by atoms with E-state index in [0.717, 1.165) is 17.7 Å². The normalized spacial score (nSPS) is 25.7.